The molecule has 2 aliphatic carbocycles. The van der Waals surface area contributed by atoms with Crippen molar-refractivity contribution in [1.82, 2.24) is 0 Å². The molecule has 0 aromatic heterocycles. The van der Waals surface area contributed by atoms with Gasteiger partial charge in [-0.15, -0.1) is 0 Å². The van der Waals surface area contributed by atoms with Crippen molar-refractivity contribution in [2.75, 3.05) is 11.4 Å². The number of rotatable bonds is 4. The second-order valence-corrected chi connectivity index (χ2v) is 9.62. The molecule has 0 radical (unpaired) electrons. The molecule has 0 heterocycles. The molecule has 0 saturated heterocycles. The first-order valence-corrected chi connectivity index (χ1v) is 12.5. The summed E-state index contributed by atoms with van der Waals surface area (Å²) in [6, 6.07) is 45.0. The molecule has 0 saturated carbocycles. The summed E-state index contributed by atoms with van der Waals surface area (Å²) in [5.41, 5.74) is 13.4. The van der Waals surface area contributed by atoms with Crippen LogP contribution < -0.4 is 4.90 Å². The normalized spacial score (nSPS) is 13.7. The summed E-state index contributed by atoms with van der Waals surface area (Å²) < 4.78 is 0. The zero-order valence-electron chi connectivity index (χ0n) is 19.9. The van der Waals surface area contributed by atoms with Gasteiger partial charge in [-0.25, -0.2) is 0 Å². The first-order chi connectivity index (χ1) is 17.3. The molecule has 1 spiro atoms. The first-order valence-electron chi connectivity index (χ1n) is 12.5. The minimum atomic E-state index is -0.265. The highest BCUT2D eigenvalue weighted by molar-refractivity contribution is 5.94. The minimum absolute atomic E-state index is 0.265. The van der Waals surface area contributed by atoms with Crippen LogP contribution in [0.2, 0.25) is 0 Å². The lowest BCUT2D eigenvalue weighted by Gasteiger charge is -2.31. The Balaban J connectivity index is 1.47. The zero-order chi connectivity index (χ0) is 23.4. The topological polar surface area (TPSA) is 3.24 Å². The van der Waals surface area contributed by atoms with Gasteiger partial charge in [0.15, 0.2) is 0 Å². The summed E-state index contributed by atoms with van der Waals surface area (Å²) in [4.78, 5) is 2.45. The van der Waals surface area contributed by atoms with Crippen molar-refractivity contribution >= 4 is 5.69 Å². The van der Waals surface area contributed by atoms with Crippen LogP contribution in [-0.2, 0) is 12.0 Å². The summed E-state index contributed by atoms with van der Waals surface area (Å²) in [6.45, 7) is 4.10. The van der Waals surface area contributed by atoms with Crippen LogP contribution in [0.1, 0.15) is 34.7 Å². The first kappa shape index (κ1) is 20.3. The standard InChI is InChI=1S/C34H27N/c1-2-35(25-12-4-3-5-13-25)23-24-20-21-29-28-16-8-11-19-32(28)34(33(29)22-24)30-17-9-6-14-26(30)27-15-7-10-18-31(27)34/h3-22H,2,23H2,1H3. The van der Waals surface area contributed by atoms with Crippen LogP contribution in [-0.4, -0.2) is 6.54 Å². The molecule has 1 heteroatoms. The van der Waals surface area contributed by atoms with Gasteiger partial charge in [0.05, 0.1) is 5.41 Å². The summed E-state index contributed by atoms with van der Waals surface area (Å²) in [7, 11) is 0. The number of hydrogen-bond donors (Lipinski definition) is 0. The van der Waals surface area contributed by atoms with Crippen LogP contribution >= 0.6 is 0 Å². The van der Waals surface area contributed by atoms with Gasteiger partial charge in [-0.1, -0.05) is 109 Å². The lowest BCUT2D eigenvalue weighted by molar-refractivity contribution is 0.784. The largest absolute Gasteiger partial charge is 0.367 e. The number of hydrogen-bond acceptors (Lipinski definition) is 1. The molecule has 5 aromatic rings. The van der Waals surface area contributed by atoms with Gasteiger partial charge < -0.3 is 4.90 Å². The predicted molar refractivity (Wildman–Crippen MR) is 146 cm³/mol. The van der Waals surface area contributed by atoms with Gasteiger partial charge >= 0.3 is 0 Å². The fraction of sp³-hybridized carbons (Fsp3) is 0.118. The van der Waals surface area contributed by atoms with E-state index in [9.17, 15) is 0 Å². The van der Waals surface area contributed by atoms with E-state index in [1.807, 2.05) is 0 Å². The van der Waals surface area contributed by atoms with E-state index in [0.29, 0.717) is 0 Å². The van der Waals surface area contributed by atoms with E-state index >= 15 is 0 Å². The van der Waals surface area contributed by atoms with E-state index in [4.69, 9.17) is 0 Å². The molecule has 0 N–H and O–H groups in total. The summed E-state index contributed by atoms with van der Waals surface area (Å²) >= 11 is 0. The van der Waals surface area contributed by atoms with Gasteiger partial charge in [-0.3, -0.25) is 0 Å². The van der Waals surface area contributed by atoms with E-state index < -0.39 is 0 Å². The monoisotopic (exact) mass is 449 g/mol. The molecule has 5 aromatic carbocycles. The molecule has 1 nitrogen and oxygen atoms in total. The summed E-state index contributed by atoms with van der Waals surface area (Å²) in [5, 5.41) is 0. The number of anilines is 1. The third-order valence-corrected chi connectivity index (χ3v) is 7.94. The van der Waals surface area contributed by atoms with Crippen LogP contribution in [0.3, 0.4) is 0 Å². The quantitative estimate of drug-likeness (QED) is 0.263. The lowest BCUT2D eigenvalue weighted by Crippen LogP contribution is -2.26. The minimum Gasteiger partial charge on any atom is -0.367 e. The number of fused-ring (bicyclic) bond motifs is 10. The molecule has 0 fully saturated rings. The van der Waals surface area contributed by atoms with Crippen molar-refractivity contribution in [3.63, 3.8) is 0 Å². The summed E-state index contributed by atoms with van der Waals surface area (Å²) in [5.74, 6) is 0. The molecule has 7 rings (SSSR count). The van der Waals surface area contributed by atoms with Gasteiger partial charge in [0.2, 0.25) is 0 Å². The van der Waals surface area contributed by atoms with Crippen molar-refractivity contribution < 1.29 is 0 Å². The zero-order valence-corrected chi connectivity index (χ0v) is 19.9. The van der Waals surface area contributed by atoms with Gasteiger partial charge in [-0.2, -0.15) is 0 Å². The smallest absolute Gasteiger partial charge is 0.0725 e. The molecule has 0 bridgehead atoms. The van der Waals surface area contributed by atoms with Crippen LogP contribution in [0.15, 0.2) is 121 Å². The highest BCUT2D eigenvalue weighted by Gasteiger charge is 2.51. The van der Waals surface area contributed by atoms with Crippen molar-refractivity contribution in [2.45, 2.75) is 18.9 Å². The number of nitrogens with zero attached hydrogens (tertiary/aromatic N) is 1. The highest BCUT2D eigenvalue weighted by Crippen LogP contribution is 2.62. The van der Waals surface area contributed by atoms with Crippen LogP contribution in [0.25, 0.3) is 22.3 Å². The Morgan fingerprint density at radius 1 is 0.514 bits per heavy atom. The van der Waals surface area contributed by atoms with Crippen molar-refractivity contribution in [3.8, 4) is 22.3 Å². The van der Waals surface area contributed by atoms with Crippen LogP contribution in [0.4, 0.5) is 5.69 Å². The van der Waals surface area contributed by atoms with Crippen LogP contribution in [0.5, 0.6) is 0 Å². The fourth-order valence-electron chi connectivity index (χ4n) is 6.49. The maximum atomic E-state index is 2.49. The van der Waals surface area contributed by atoms with E-state index in [1.54, 1.807) is 0 Å². The van der Waals surface area contributed by atoms with E-state index in [1.165, 1.54) is 55.8 Å². The van der Waals surface area contributed by atoms with Crippen molar-refractivity contribution in [2.24, 2.45) is 0 Å². The molecular weight excluding hydrogens is 422 g/mol. The highest BCUT2D eigenvalue weighted by atomic mass is 15.1. The van der Waals surface area contributed by atoms with Gasteiger partial charge in [0.1, 0.15) is 0 Å². The second-order valence-electron chi connectivity index (χ2n) is 9.62. The molecule has 0 amide bonds. The van der Waals surface area contributed by atoms with Gasteiger partial charge in [-0.05, 0) is 69.1 Å². The third kappa shape index (κ3) is 2.76. The maximum Gasteiger partial charge on any atom is 0.0725 e. The SMILES string of the molecule is CCN(Cc1ccc2c(c1)C1(c3ccccc3-c3ccccc31)c1ccccc1-2)c1ccccc1. The second kappa shape index (κ2) is 7.71. The van der Waals surface area contributed by atoms with Crippen molar-refractivity contribution in [3.05, 3.63) is 149 Å². The van der Waals surface area contributed by atoms with Gasteiger partial charge in [0, 0.05) is 18.8 Å². The fourth-order valence-corrected chi connectivity index (χ4v) is 6.49. The molecule has 168 valence electrons. The Kier molecular flexibility index (Phi) is 4.47. The van der Waals surface area contributed by atoms with Crippen LogP contribution in [0, 0.1) is 0 Å². The Morgan fingerprint density at radius 2 is 1.00 bits per heavy atom. The Morgan fingerprint density at radius 3 is 1.54 bits per heavy atom. The number of benzene rings is 5. The predicted octanol–water partition coefficient (Wildman–Crippen LogP) is 8.06. The third-order valence-electron chi connectivity index (χ3n) is 7.94. The molecule has 0 atom stereocenters. The van der Waals surface area contributed by atoms with Gasteiger partial charge in [0.25, 0.3) is 0 Å². The molecular formula is C34H27N. The van der Waals surface area contributed by atoms with E-state index in [0.717, 1.165) is 13.1 Å². The van der Waals surface area contributed by atoms with E-state index in [-0.39, 0.29) is 5.41 Å². The van der Waals surface area contributed by atoms with Crippen molar-refractivity contribution in [1.29, 1.82) is 0 Å². The van der Waals surface area contributed by atoms with E-state index in [2.05, 4.69) is 133 Å². The Bertz CT molecular complexity index is 1500. The lowest BCUT2D eigenvalue weighted by atomic mass is 9.70. The summed E-state index contributed by atoms with van der Waals surface area (Å²) in [6.07, 6.45) is 0. The average Bonchev–Trinajstić information content (AvgIpc) is 3.39. The maximum absolute atomic E-state index is 2.49. The number of para-hydroxylation sites is 1. The Labute approximate surface area is 207 Å². The molecule has 2 aliphatic rings. The Hall–Kier alpha value is -4.10. The average molecular weight is 450 g/mol. The molecule has 0 aliphatic heterocycles. The molecule has 35 heavy (non-hydrogen) atoms. The molecule has 0 unspecified atom stereocenters.